The van der Waals surface area contributed by atoms with Crippen molar-refractivity contribution >= 4 is 23.1 Å². The molecule has 1 heteroatoms. The first-order chi connectivity index (χ1) is 11.8. The van der Waals surface area contributed by atoms with Crippen LogP contribution in [-0.2, 0) is 12.8 Å². The summed E-state index contributed by atoms with van der Waals surface area (Å²) in [5.74, 6) is 0. The van der Waals surface area contributed by atoms with Crippen LogP contribution in [0.1, 0.15) is 40.8 Å². The molecule has 0 saturated heterocycles. The number of aromatic nitrogens is 1. The lowest BCUT2D eigenvalue weighted by Crippen LogP contribution is -2.05. The summed E-state index contributed by atoms with van der Waals surface area (Å²) in [6.45, 7) is 2.18. The maximum atomic E-state index is 3.61. The number of allylic oxidation sites excluding steroid dienone is 2. The van der Waals surface area contributed by atoms with Crippen LogP contribution in [0.5, 0.6) is 0 Å². The summed E-state index contributed by atoms with van der Waals surface area (Å²) < 4.78 is 0. The molecule has 1 N–H and O–H groups in total. The number of hydrogen-bond acceptors (Lipinski definition) is 0. The Labute approximate surface area is 142 Å². The highest BCUT2D eigenvalue weighted by Crippen LogP contribution is 2.36. The molecule has 0 aliphatic heterocycles. The summed E-state index contributed by atoms with van der Waals surface area (Å²) in [5.41, 5.74) is 11.4. The molecule has 3 aromatic rings. The van der Waals surface area contributed by atoms with Gasteiger partial charge in [0.1, 0.15) is 0 Å². The number of nitrogens with one attached hydrogen (secondary N) is 1. The van der Waals surface area contributed by atoms with Crippen molar-refractivity contribution in [2.75, 3.05) is 0 Å². The summed E-state index contributed by atoms with van der Waals surface area (Å²) in [7, 11) is 0. The van der Waals surface area contributed by atoms with E-state index in [-0.39, 0.29) is 0 Å². The molecule has 1 nitrogen and oxygen atoms in total. The molecule has 1 heterocycles. The van der Waals surface area contributed by atoms with E-state index in [1.165, 1.54) is 56.4 Å². The molecule has 0 bridgehead atoms. The van der Waals surface area contributed by atoms with E-state index in [1.807, 2.05) is 0 Å². The minimum absolute atomic E-state index is 1.14. The van der Waals surface area contributed by atoms with Crippen LogP contribution in [0.4, 0.5) is 0 Å². The van der Waals surface area contributed by atoms with Crippen LogP contribution in [0, 0.1) is 6.92 Å². The Morgan fingerprint density at radius 2 is 1.67 bits per heavy atom. The quantitative estimate of drug-likeness (QED) is 0.581. The lowest BCUT2D eigenvalue weighted by molar-refractivity contribution is 0.874. The normalized spacial score (nSPS) is 16.4. The fourth-order valence-corrected chi connectivity index (χ4v) is 4.23. The Morgan fingerprint density at radius 3 is 2.62 bits per heavy atom. The fraction of sp³-hybridized carbons (Fsp3) is 0.217. The monoisotopic (exact) mass is 311 g/mol. The van der Waals surface area contributed by atoms with Crippen LogP contribution in [0.25, 0.3) is 23.1 Å². The van der Waals surface area contributed by atoms with E-state index in [9.17, 15) is 0 Å². The number of aromatic amines is 1. The second-order valence-corrected chi connectivity index (χ2v) is 7.10. The van der Waals surface area contributed by atoms with E-state index in [2.05, 4.69) is 66.5 Å². The van der Waals surface area contributed by atoms with E-state index in [1.54, 1.807) is 0 Å². The van der Waals surface area contributed by atoms with Crippen molar-refractivity contribution in [1.82, 2.24) is 4.98 Å². The number of fused-ring (bicyclic) bond motifs is 4. The smallest absolute Gasteiger partial charge is 0.0461 e. The van der Waals surface area contributed by atoms with Gasteiger partial charge in [0.05, 0.1) is 0 Å². The lowest BCUT2D eigenvalue weighted by atomic mass is 9.83. The zero-order chi connectivity index (χ0) is 16.1. The molecule has 118 valence electrons. The topological polar surface area (TPSA) is 15.8 Å². The van der Waals surface area contributed by atoms with Gasteiger partial charge in [-0.25, -0.2) is 0 Å². The molecule has 2 aromatic carbocycles. The average molecular weight is 311 g/mol. The summed E-state index contributed by atoms with van der Waals surface area (Å²) >= 11 is 0. The van der Waals surface area contributed by atoms with Crippen LogP contribution in [0.3, 0.4) is 0 Å². The Kier molecular flexibility index (Phi) is 3.02. The van der Waals surface area contributed by atoms with E-state index in [4.69, 9.17) is 0 Å². The minimum Gasteiger partial charge on any atom is -0.355 e. The van der Waals surface area contributed by atoms with Crippen molar-refractivity contribution in [2.45, 2.75) is 32.6 Å². The maximum Gasteiger partial charge on any atom is 0.0461 e. The summed E-state index contributed by atoms with van der Waals surface area (Å²) in [5, 5.41) is 1.39. The summed E-state index contributed by atoms with van der Waals surface area (Å²) in [6.07, 6.45) is 9.44. The molecular weight excluding hydrogens is 290 g/mol. The van der Waals surface area contributed by atoms with Crippen molar-refractivity contribution < 1.29 is 0 Å². The molecule has 1 aromatic heterocycles. The van der Waals surface area contributed by atoms with Gasteiger partial charge in [0.25, 0.3) is 0 Å². The molecule has 5 rings (SSSR count). The number of H-pyrrole nitrogens is 1. The number of aryl methyl sites for hydroxylation is 3. The van der Waals surface area contributed by atoms with Crippen molar-refractivity contribution in [1.29, 1.82) is 0 Å². The van der Waals surface area contributed by atoms with Gasteiger partial charge in [-0.3, -0.25) is 0 Å². The molecule has 0 spiro atoms. The van der Waals surface area contributed by atoms with Gasteiger partial charge >= 0.3 is 0 Å². The molecule has 0 amide bonds. The SMILES string of the molecule is Cc1ccc2c(c1)C=C(C1=Cc3[nH]c4ccccc4c3CC1)CC2. The summed E-state index contributed by atoms with van der Waals surface area (Å²) in [6, 6.07) is 15.5. The molecule has 0 radical (unpaired) electrons. The third-order valence-corrected chi connectivity index (χ3v) is 5.52. The van der Waals surface area contributed by atoms with Crippen LogP contribution in [0.2, 0.25) is 0 Å². The van der Waals surface area contributed by atoms with Crippen molar-refractivity contribution in [3.8, 4) is 0 Å². The number of benzene rings is 2. The van der Waals surface area contributed by atoms with E-state index >= 15 is 0 Å². The van der Waals surface area contributed by atoms with Gasteiger partial charge < -0.3 is 4.98 Å². The van der Waals surface area contributed by atoms with Crippen molar-refractivity contribution in [2.24, 2.45) is 0 Å². The molecule has 0 unspecified atom stereocenters. The first kappa shape index (κ1) is 13.9. The Balaban J connectivity index is 1.58. The molecule has 0 saturated carbocycles. The van der Waals surface area contributed by atoms with Gasteiger partial charge in [-0.05, 0) is 72.6 Å². The standard InChI is InChI=1S/C23H21N/c1-15-6-7-16-8-9-17(13-19(16)12-15)18-10-11-21-20-4-2-3-5-22(20)24-23(21)14-18/h2-7,12-14,24H,8-11H2,1H3. The molecule has 0 atom stereocenters. The van der Waals surface area contributed by atoms with Gasteiger partial charge in [0, 0.05) is 16.6 Å². The van der Waals surface area contributed by atoms with Gasteiger partial charge in [-0.15, -0.1) is 0 Å². The number of hydrogen-bond donors (Lipinski definition) is 1. The Bertz CT molecular complexity index is 1010. The third-order valence-electron chi connectivity index (χ3n) is 5.52. The van der Waals surface area contributed by atoms with Crippen LogP contribution >= 0.6 is 0 Å². The zero-order valence-corrected chi connectivity index (χ0v) is 14.0. The third kappa shape index (κ3) is 2.16. The van der Waals surface area contributed by atoms with Crippen LogP contribution in [0.15, 0.2) is 53.6 Å². The average Bonchev–Trinajstić information content (AvgIpc) is 2.98. The highest BCUT2D eigenvalue weighted by molar-refractivity contribution is 5.88. The first-order valence-electron chi connectivity index (χ1n) is 8.88. The largest absolute Gasteiger partial charge is 0.355 e. The van der Waals surface area contributed by atoms with Crippen LogP contribution in [-0.4, -0.2) is 4.98 Å². The van der Waals surface area contributed by atoms with E-state index < -0.39 is 0 Å². The second kappa shape index (κ2) is 5.24. The number of rotatable bonds is 1. The van der Waals surface area contributed by atoms with Crippen molar-refractivity contribution in [3.05, 3.63) is 81.6 Å². The Morgan fingerprint density at radius 1 is 0.833 bits per heavy atom. The number of para-hydroxylation sites is 1. The summed E-state index contributed by atoms with van der Waals surface area (Å²) in [4.78, 5) is 3.61. The molecule has 24 heavy (non-hydrogen) atoms. The highest BCUT2D eigenvalue weighted by atomic mass is 14.7. The first-order valence-corrected chi connectivity index (χ1v) is 8.88. The molecular formula is C23H21N. The predicted molar refractivity (Wildman–Crippen MR) is 102 cm³/mol. The molecule has 2 aliphatic rings. The second-order valence-electron chi connectivity index (χ2n) is 7.10. The Hall–Kier alpha value is -2.54. The minimum atomic E-state index is 1.14. The maximum absolute atomic E-state index is 3.61. The van der Waals surface area contributed by atoms with Gasteiger partial charge in [0.2, 0.25) is 0 Å². The molecule has 0 fully saturated rings. The van der Waals surface area contributed by atoms with Gasteiger partial charge in [-0.1, -0.05) is 48.0 Å². The molecule has 2 aliphatic carbocycles. The fourth-order valence-electron chi connectivity index (χ4n) is 4.23. The van der Waals surface area contributed by atoms with Crippen LogP contribution < -0.4 is 0 Å². The predicted octanol–water partition coefficient (Wildman–Crippen LogP) is 5.84. The van der Waals surface area contributed by atoms with Gasteiger partial charge in [0.15, 0.2) is 0 Å². The van der Waals surface area contributed by atoms with Gasteiger partial charge in [-0.2, -0.15) is 0 Å². The van der Waals surface area contributed by atoms with E-state index in [0.29, 0.717) is 0 Å². The lowest BCUT2D eigenvalue weighted by Gasteiger charge is -2.21. The van der Waals surface area contributed by atoms with E-state index in [0.717, 1.165) is 19.3 Å². The zero-order valence-electron chi connectivity index (χ0n) is 14.0. The highest BCUT2D eigenvalue weighted by Gasteiger charge is 2.19. The van der Waals surface area contributed by atoms with Crippen molar-refractivity contribution in [3.63, 3.8) is 0 Å².